The van der Waals surface area contributed by atoms with Crippen molar-refractivity contribution < 1.29 is 9.72 Å². The molecule has 1 aliphatic carbocycles. The normalized spacial score (nSPS) is 22.7. The molecule has 5 heteroatoms. The van der Waals surface area contributed by atoms with Gasteiger partial charge in [0.25, 0.3) is 5.69 Å². The molecule has 2 aliphatic rings. The summed E-state index contributed by atoms with van der Waals surface area (Å²) in [5.41, 5.74) is 1.03. The van der Waals surface area contributed by atoms with Crippen LogP contribution in [0.15, 0.2) is 18.2 Å². The van der Waals surface area contributed by atoms with Gasteiger partial charge in [0.1, 0.15) is 0 Å². The maximum Gasteiger partial charge on any atom is 0.280 e. The van der Waals surface area contributed by atoms with Crippen LogP contribution in [0.4, 0.5) is 11.4 Å². The molecule has 1 aliphatic heterocycles. The summed E-state index contributed by atoms with van der Waals surface area (Å²) in [7, 11) is 0. The van der Waals surface area contributed by atoms with Crippen LogP contribution in [0.25, 0.3) is 0 Å². The molecule has 0 amide bonds. The fourth-order valence-corrected chi connectivity index (χ4v) is 3.93. The number of carbonyl (C=O) groups is 1. The van der Waals surface area contributed by atoms with E-state index in [-0.39, 0.29) is 11.3 Å². The molecule has 112 valence electrons. The van der Waals surface area contributed by atoms with Crippen LogP contribution in [0.3, 0.4) is 0 Å². The van der Waals surface area contributed by atoms with Crippen molar-refractivity contribution >= 4 is 17.7 Å². The minimum absolute atomic E-state index is 0.106. The fourth-order valence-electron chi connectivity index (χ4n) is 3.93. The van der Waals surface area contributed by atoms with Crippen LogP contribution < -0.4 is 4.90 Å². The molecule has 0 radical (unpaired) electrons. The van der Waals surface area contributed by atoms with Crippen molar-refractivity contribution in [1.82, 2.24) is 0 Å². The van der Waals surface area contributed by atoms with Crippen LogP contribution in [0.5, 0.6) is 0 Å². The fraction of sp³-hybridized carbons (Fsp3) is 0.562. The molecule has 1 aromatic carbocycles. The number of hydrogen-bond donors (Lipinski definition) is 0. The summed E-state index contributed by atoms with van der Waals surface area (Å²) in [6.07, 6.45) is 8.14. The van der Waals surface area contributed by atoms with Gasteiger partial charge in [0, 0.05) is 24.3 Å². The lowest BCUT2D eigenvalue weighted by Gasteiger charge is -2.31. The van der Waals surface area contributed by atoms with E-state index in [4.69, 9.17) is 0 Å². The monoisotopic (exact) mass is 288 g/mol. The SMILES string of the molecule is O=Cc1cc(N2CCCC2C2CCCC2)ccc1[N+](=O)[O-]. The van der Waals surface area contributed by atoms with Gasteiger partial charge in [-0.15, -0.1) is 0 Å². The lowest BCUT2D eigenvalue weighted by molar-refractivity contribution is -0.385. The van der Waals surface area contributed by atoms with Crippen LogP contribution in [0.1, 0.15) is 48.9 Å². The number of hydrogen-bond acceptors (Lipinski definition) is 4. The number of anilines is 1. The second kappa shape index (κ2) is 5.84. The molecule has 0 aromatic heterocycles. The number of rotatable bonds is 4. The van der Waals surface area contributed by atoms with Gasteiger partial charge in [-0.1, -0.05) is 12.8 Å². The average Bonchev–Trinajstić information content (AvgIpc) is 3.16. The van der Waals surface area contributed by atoms with Crippen LogP contribution >= 0.6 is 0 Å². The molecular weight excluding hydrogens is 268 g/mol. The molecule has 2 fully saturated rings. The summed E-state index contributed by atoms with van der Waals surface area (Å²) in [5.74, 6) is 0.738. The second-order valence-corrected chi connectivity index (χ2v) is 6.07. The highest BCUT2D eigenvalue weighted by atomic mass is 16.6. The standard InChI is InChI=1S/C16H20N2O3/c19-11-13-10-14(7-8-16(13)18(20)21)17-9-3-6-15(17)12-4-1-2-5-12/h7-8,10-12,15H,1-6,9H2. The van der Waals surface area contributed by atoms with Crippen molar-refractivity contribution in [3.63, 3.8) is 0 Å². The number of nitrogens with zero attached hydrogens (tertiary/aromatic N) is 2. The minimum Gasteiger partial charge on any atom is -0.368 e. The molecule has 1 heterocycles. The molecule has 1 atom stereocenters. The quantitative estimate of drug-likeness (QED) is 0.482. The molecule has 0 spiro atoms. The third kappa shape index (κ3) is 2.64. The van der Waals surface area contributed by atoms with Gasteiger partial charge in [-0.05, 0) is 43.7 Å². The van der Waals surface area contributed by atoms with Gasteiger partial charge in [-0.2, -0.15) is 0 Å². The van der Waals surface area contributed by atoms with Crippen molar-refractivity contribution in [2.75, 3.05) is 11.4 Å². The van der Waals surface area contributed by atoms with E-state index in [0.29, 0.717) is 12.3 Å². The van der Waals surface area contributed by atoms with E-state index in [0.717, 1.165) is 24.6 Å². The summed E-state index contributed by atoms with van der Waals surface area (Å²) >= 11 is 0. The van der Waals surface area contributed by atoms with E-state index < -0.39 is 4.92 Å². The van der Waals surface area contributed by atoms with E-state index in [1.165, 1.54) is 38.2 Å². The maximum absolute atomic E-state index is 11.1. The molecule has 3 rings (SSSR count). The first-order valence-electron chi connectivity index (χ1n) is 7.71. The van der Waals surface area contributed by atoms with E-state index >= 15 is 0 Å². The Hall–Kier alpha value is -1.91. The van der Waals surface area contributed by atoms with Crippen LogP contribution in [-0.4, -0.2) is 23.8 Å². The van der Waals surface area contributed by atoms with Gasteiger partial charge in [0.15, 0.2) is 6.29 Å². The highest BCUT2D eigenvalue weighted by Gasteiger charge is 2.33. The lowest BCUT2D eigenvalue weighted by Crippen LogP contribution is -2.34. The first-order chi connectivity index (χ1) is 10.2. The van der Waals surface area contributed by atoms with Crippen molar-refractivity contribution in [2.24, 2.45) is 5.92 Å². The molecule has 0 N–H and O–H groups in total. The predicted octanol–water partition coefficient (Wildman–Crippen LogP) is 3.57. The summed E-state index contributed by atoms with van der Waals surface area (Å²) < 4.78 is 0. The molecule has 0 bridgehead atoms. The van der Waals surface area contributed by atoms with Gasteiger partial charge < -0.3 is 4.90 Å². The summed E-state index contributed by atoms with van der Waals surface area (Å²) in [5, 5.41) is 10.9. The molecule has 21 heavy (non-hydrogen) atoms. The van der Waals surface area contributed by atoms with E-state index in [9.17, 15) is 14.9 Å². The molecule has 1 aromatic rings. The first kappa shape index (κ1) is 14.0. The Morgan fingerprint density at radius 1 is 1.19 bits per heavy atom. The summed E-state index contributed by atoms with van der Waals surface area (Å²) in [4.78, 5) is 23.9. The predicted molar refractivity (Wildman–Crippen MR) is 80.8 cm³/mol. The van der Waals surface area contributed by atoms with E-state index in [1.807, 2.05) is 0 Å². The Morgan fingerprint density at radius 2 is 1.95 bits per heavy atom. The second-order valence-electron chi connectivity index (χ2n) is 6.07. The lowest BCUT2D eigenvalue weighted by atomic mass is 9.95. The van der Waals surface area contributed by atoms with Gasteiger partial charge in [0.2, 0.25) is 0 Å². The topological polar surface area (TPSA) is 63.5 Å². The number of nitro groups is 1. The Labute approximate surface area is 124 Å². The number of nitro benzene ring substituents is 1. The van der Waals surface area contributed by atoms with Crippen molar-refractivity contribution in [3.8, 4) is 0 Å². The molecule has 5 nitrogen and oxygen atoms in total. The average molecular weight is 288 g/mol. The van der Waals surface area contributed by atoms with Crippen molar-refractivity contribution in [2.45, 2.75) is 44.6 Å². The third-order valence-corrected chi connectivity index (χ3v) is 4.91. The van der Waals surface area contributed by atoms with Crippen LogP contribution in [0, 0.1) is 16.0 Å². The summed E-state index contributed by atoms with van der Waals surface area (Å²) in [6.45, 7) is 0.983. The minimum atomic E-state index is -0.494. The Balaban J connectivity index is 1.88. The highest BCUT2D eigenvalue weighted by Crippen LogP contribution is 2.38. The maximum atomic E-state index is 11.1. The molecular formula is C16H20N2O3. The highest BCUT2D eigenvalue weighted by molar-refractivity contribution is 5.83. The van der Waals surface area contributed by atoms with Crippen molar-refractivity contribution in [1.29, 1.82) is 0 Å². The Morgan fingerprint density at radius 3 is 2.62 bits per heavy atom. The zero-order chi connectivity index (χ0) is 14.8. The molecule has 1 saturated heterocycles. The van der Waals surface area contributed by atoms with Crippen molar-refractivity contribution in [3.05, 3.63) is 33.9 Å². The van der Waals surface area contributed by atoms with Crippen LogP contribution in [-0.2, 0) is 0 Å². The zero-order valence-electron chi connectivity index (χ0n) is 12.0. The van der Waals surface area contributed by atoms with Gasteiger partial charge in [-0.25, -0.2) is 0 Å². The number of carbonyl (C=O) groups excluding carboxylic acids is 1. The largest absolute Gasteiger partial charge is 0.368 e. The zero-order valence-corrected chi connectivity index (χ0v) is 12.0. The third-order valence-electron chi connectivity index (χ3n) is 4.91. The van der Waals surface area contributed by atoms with E-state index in [2.05, 4.69) is 4.90 Å². The van der Waals surface area contributed by atoms with Crippen LogP contribution in [0.2, 0.25) is 0 Å². The molecule has 1 unspecified atom stereocenters. The summed E-state index contributed by atoms with van der Waals surface area (Å²) in [6, 6.07) is 5.47. The van der Waals surface area contributed by atoms with E-state index in [1.54, 1.807) is 12.1 Å². The molecule has 1 saturated carbocycles. The first-order valence-corrected chi connectivity index (χ1v) is 7.71. The van der Waals surface area contributed by atoms with Gasteiger partial charge in [0.05, 0.1) is 10.5 Å². The van der Waals surface area contributed by atoms with Gasteiger partial charge in [-0.3, -0.25) is 14.9 Å². The Bertz CT molecular complexity index is 552. The number of benzene rings is 1. The van der Waals surface area contributed by atoms with Gasteiger partial charge >= 0.3 is 0 Å². The number of aldehydes is 1. The smallest absolute Gasteiger partial charge is 0.280 e. The Kier molecular flexibility index (Phi) is 3.90.